The maximum absolute atomic E-state index is 11.3. The second-order valence-electron chi connectivity index (χ2n) is 5.77. The lowest BCUT2D eigenvalue weighted by Gasteiger charge is -2.34. The van der Waals surface area contributed by atoms with Crippen LogP contribution in [0.4, 0.5) is 0 Å². The Labute approximate surface area is 139 Å². The van der Waals surface area contributed by atoms with E-state index in [2.05, 4.69) is 0 Å². The number of hydrogen-bond donors (Lipinski definition) is 5. The number of aliphatic hydroxyl groups is 1. The zero-order valence-corrected chi connectivity index (χ0v) is 15.9. The fraction of sp³-hybridized carbons (Fsp3) is 0.889. The average molecular weight is 402 g/mol. The van der Waals surface area contributed by atoms with Gasteiger partial charge >= 0.3 is 15.2 Å². The molecule has 0 aliphatic carbocycles. The first-order chi connectivity index (χ1) is 8.99. The molecular weight excluding hydrogens is 380 g/mol. The van der Waals surface area contributed by atoms with E-state index in [0.717, 1.165) is 0 Å². The molecule has 1 atom stereocenters. The molecule has 0 radical (unpaired) electrons. The van der Waals surface area contributed by atoms with E-state index in [0.29, 0.717) is 11.8 Å². The molecule has 0 aliphatic rings. The summed E-state index contributed by atoms with van der Waals surface area (Å²) in [6.45, 7) is 1.40. The van der Waals surface area contributed by atoms with Gasteiger partial charge in [-0.15, -0.1) is 0 Å². The predicted molar refractivity (Wildman–Crippen MR) is 78.6 cm³/mol. The molecule has 0 aromatic rings. The molecule has 0 heterocycles. The Morgan fingerprint density at radius 2 is 1.50 bits per heavy atom. The molecule has 13 heteroatoms. The molecule has 0 aromatic heterocycles. The van der Waals surface area contributed by atoms with E-state index in [9.17, 15) is 19.0 Å². The standard InChI is InChI=1S/C9H21NO8P2S.ClH/c1-7(11)21-8(6-10(2,3)4)5-9(12,19(13,14)15)20(16,17)18;/h8,12H,5-6H2,1-4H3,(H3-,13,14,15,16,17,18);1H. The fourth-order valence-electron chi connectivity index (χ4n) is 1.70. The van der Waals surface area contributed by atoms with Gasteiger partial charge in [0.25, 0.3) is 5.08 Å². The minimum absolute atomic E-state index is 0. The van der Waals surface area contributed by atoms with Gasteiger partial charge in [-0.1, -0.05) is 11.8 Å². The smallest absolute Gasteiger partial charge is 0.369 e. The van der Waals surface area contributed by atoms with Crippen LogP contribution in [0.15, 0.2) is 0 Å². The Bertz CT molecular complexity index is 462. The lowest BCUT2D eigenvalue weighted by molar-refractivity contribution is -0.869. The second-order valence-corrected chi connectivity index (χ2v) is 11.3. The number of rotatable bonds is 7. The topological polar surface area (TPSA) is 152 Å². The molecule has 0 saturated heterocycles. The summed E-state index contributed by atoms with van der Waals surface area (Å²) in [4.78, 5) is 47.7. The van der Waals surface area contributed by atoms with Crippen molar-refractivity contribution in [3.05, 3.63) is 0 Å². The predicted octanol–water partition coefficient (Wildman–Crippen LogP) is -3.26. The Balaban J connectivity index is 0. The van der Waals surface area contributed by atoms with E-state index >= 15 is 0 Å². The fourth-order valence-corrected chi connectivity index (χ4v) is 5.54. The number of carbonyl (C=O) groups is 1. The van der Waals surface area contributed by atoms with Gasteiger partial charge < -0.3 is 41.6 Å². The lowest BCUT2D eigenvalue weighted by Crippen LogP contribution is -3.00. The van der Waals surface area contributed by atoms with Crippen LogP contribution in [0.3, 0.4) is 0 Å². The molecule has 9 nitrogen and oxygen atoms in total. The van der Waals surface area contributed by atoms with Crippen LogP contribution in [-0.2, 0) is 13.9 Å². The molecule has 1 unspecified atom stereocenters. The summed E-state index contributed by atoms with van der Waals surface area (Å²) in [6.07, 6.45) is -0.901. The van der Waals surface area contributed by atoms with E-state index in [-0.39, 0.29) is 28.6 Å². The van der Waals surface area contributed by atoms with Crippen molar-refractivity contribution in [2.45, 2.75) is 23.7 Å². The zero-order chi connectivity index (χ0) is 17.3. The van der Waals surface area contributed by atoms with Gasteiger partial charge in [0, 0.05) is 13.3 Å². The molecule has 0 rings (SSSR count). The summed E-state index contributed by atoms with van der Waals surface area (Å²) >= 11 is 0.684. The van der Waals surface area contributed by atoms with Crippen molar-refractivity contribution in [1.29, 1.82) is 0 Å². The van der Waals surface area contributed by atoms with Crippen LogP contribution in [0.25, 0.3) is 0 Å². The van der Waals surface area contributed by atoms with Crippen LogP contribution in [0, 0.1) is 0 Å². The molecular formula is C9H22ClNO8P2S. The molecule has 0 amide bonds. The first kappa shape index (κ1) is 24.8. The molecule has 0 spiro atoms. The van der Waals surface area contributed by atoms with Crippen molar-refractivity contribution in [2.75, 3.05) is 27.7 Å². The van der Waals surface area contributed by atoms with Gasteiger partial charge in [-0.25, -0.2) is 0 Å². The van der Waals surface area contributed by atoms with Gasteiger partial charge in [0.05, 0.1) is 32.9 Å². The minimum Gasteiger partial charge on any atom is -1.00 e. The molecule has 0 bridgehead atoms. The Hall–Kier alpha value is 0.530. The summed E-state index contributed by atoms with van der Waals surface area (Å²) in [5.41, 5.74) is 0. The monoisotopic (exact) mass is 401 g/mol. The van der Waals surface area contributed by atoms with Crippen molar-refractivity contribution in [3.8, 4) is 0 Å². The Morgan fingerprint density at radius 3 is 1.73 bits per heavy atom. The molecule has 0 fully saturated rings. The third kappa shape index (κ3) is 7.40. The highest BCUT2D eigenvalue weighted by atomic mass is 35.5. The number of nitrogens with zero attached hydrogens (tertiary/aromatic N) is 1. The van der Waals surface area contributed by atoms with Crippen molar-refractivity contribution in [2.24, 2.45) is 0 Å². The van der Waals surface area contributed by atoms with Gasteiger partial charge in [0.2, 0.25) is 0 Å². The average Bonchev–Trinajstić information content (AvgIpc) is 2.08. The molecule has 134 valence electrons. The maximum atomic E-state index is 11.3. The largest absolute Gasteiger partial charge is 1.00 e. The highest BCUT2D eigenvalue weighted by Gasteiger charge is 2.60. The van der Waals surface area contributed by atoms with Crippen LogP contribution in [0.1, 0.15) is 13.3 Å². The normalized spacial score (nSPS) is 15.1. The van der Waals surface area contributed by atoms with Crippen LogP contribution < -0.4 is 12.4 Å². The van der Waals surface area contributed by atoms with E-state index in [1.54, 1.807) is 21.1 Å². The Kier molecular flexibility index (Phi) is 9.09. The first-order valence-electron chi connectivity index (χ1n) is 5.81. The van der Waals surface area contributed by atoms with Crippen LogP contribution >= 0.6 is 27.0 Å². The summed E-state index contributed by atoms with van der Waals surface area (Å²) in [6, 6.07) is 0. The van der Waals surface area contributed by atoms with Gasteiger partial charge in [0.15, 0.2) is 5.12 Å². The van der Waals surface area contributed by atoms with Crippen LogP contribution in [-0.4, -0.2) is 72.3 Å². The Morgan fingerprint density at radius 1 is 1.14 bits per heavy atom. The number of halogens is 1. The van der Waals surface area contributed by atoms with E-state index in [1.807, 2.05) is 0 Å². The quantitative estimate of drug-likeness (QED) is 0.218. The minimum atomic E-state index is -5.51. The summed E-state index contributed by atoms with van der Waals surface area (Å²) in [5.74, 6) is 0. The van der Waals surface area contributed by atoms with E-state index in [1.165, 1.54) is 6.92 Å². The van der Waals surface area contributed by atoms with Gasteiger partial charge in [-0.2, -0.15) is 0 Å². The first-order valence-corrected chi connectivity index (χ1v) is 9.91. The number of quaternary nitrogens is 1. The molecule has 22 heavy (non-hydrogen) atoms. The van der Waals surface area contributed by atoms with Crippen LogP contribution in [0.5, 0.6) is 0 Å². The van der Waals surface area contributed by atoms with Crippen molar-refractivity contribution < 1.29 is 55.5 Å². The highest BCUT2D eigenvalue weighted by Crippen LogP contribution is 2.69. The molecule has 0 saturated carbocycles. The maximum Gasteiger partial charge on any atom is 0.369 e. The highest BCUT2D eigenvalue weighted by molar-refractivity contribution is 8.14. The number of carbonyl (C=O) groups excluding carboxylic acids is 1. The SMILES string of the molecule is CC(=O)SC(CC(O)(P(=O)(O)O)P(=O)(O)O)C[N+](C)(C)C.[Cl-]. The third-order valence-corrected chi connectivity index (χ3v) is 7.29. The zero-order valence-electron chi connectivity index (χ0n) is 12.6. The van der Waals surface area contributed by atoms with Crippen molar-refractivity contribution >= 4 is 32.1 Å². The van der Waals surface area contributed by atoms with Crippen molar-refractivity contribution in [1.82, 2.24) is 0 Å². The van der Waals surface area contributed by atoms with Crippen LogP contribution in [0.2, 0.25) is 0 Å². The number of hydrogen-bond acceptors (Lipinski definition) is 5. The van der Waals surface area contributed by atoms with Gasteiger partial charge in [-0.05, 0) is 0 Å². The molecule has 0 aliphatic heterocycles. The second kappa shape index (κ2) is 8.07. The van der Waals surface area contributed by atoms with E-state index < -0.39 is 31.9 Å². The van der Waals surface area contributed by atoms with E-state index in [4.69, 9.17) is 19.6 Å². The van der Waals surface area contributed by atoms with Gasteiger partial charge in [0.1, 0.15) is 0 Å². The summed E-state index contributed by atoms with van der Waals surface area (Å²) in [7, 11) is -5.81. The molecule has 0 aromatic carbocycles. The molecule has 5 N–H and O–H groups in total. The third-order valence-electron chi connectivity index (χ3n) is 2.52. The number of thioether (sulfide) groups is 1. The summed E-state index contributed by atoms with van der Waals surface area (Å²) < 4.78 is 23.0. The summed E-state index contributed by atoms with van der Waals surface area (Å²) in [5, 5.41) is 5.16. The van der Waals surface area contributed by atoms with Gasteiger partial charge in [-0.3, -0.25) is 13.9 Å². The lowest BCUT2D eigenvalue weighted by atomic mass is 10.3. The van der Waals surface area contributed by atoms with Crippen molar-refractivity contribution in [3.63, 3.8) is 0 Å².